The minimum atomic E-state index is -0.457. The van der Waals surface area contributed by atoms with Gasteiger partial charge in [-0.2, -0.15) is 5.10 Å². The standard InChI is InChI=1S/C15H17FN4O2S/c1-9-13(15(23)17-8-12(21)22-20(2)3)14(19-18-9)10-4-6-11(16)7-5-10/h4-7H,8H2,1-3H3,(H,17,23)(H,18,19). The van der Waals surface area contributed by atoms with Gasteiger partial charge in [-0.25, -0.2) is 9.18 Å². The number of halogens is 1. The van der Waals surface area contributed by atoms with Gasteiger partial charge < -0.3 is 10.2 Å². The molecule has 1 aromatic carbocycles. The first-order valence-electron chi connectivity index (χ1n) is 6.85. The molecule has 0 radical (unpaired) electrons. The molecular formula is C15H17FN4O2S. The number of nitrogens with one attached hydrogen (secondary N) is 2. The Morgan fingerprint density at radius 1 is 1.39 bits per heavy atom. The molecule has 122 valence electrons. The Morgan fingerprint density at radius 3 is 2.65 bits per heavy atom. The molecule has 0 saturated carbocycles. The van der Waals surface area contributed by atoms with Crippen molar-refractivity contribution in [3.63, 3.8) is 0 Å². The first-order chi connectivity index (χ1) is 10.9. The summed E-state index contributed by atoms with van der Waals surface area (Å²) in [7, 11) is 3.23. The number of hydroxylamine groups is 2. The second-order valence-electron chi connectivity index (χ2n) is 5.04. The second-order valence-corrected chi connectivity index (χ2v) is 5.45. The van der Waals surface area contributed by atoms with E-state index in [2.05, 4.69) is 15.5 Å². The van der Waals surface area contributed by atoms with Gasteiger partial charge in [-0.15, -0.1) is 5.06 Å². The first-order valence-corrected chi connectivity index (χ1v) is 7.26. The molecule has 0 amide bonds. The summed E-state index contributed by atoms with van der Waals surface area (Å²) in [5.41, 5.74) is 2.75. The van der Waals surface area contributed by atoms with Crippen LogP contribution in [0.1, 0.15) is 11.3 Å². The maximum absolute atomic E-state index is 13.1. The highest BCUT2D eigenvalue weighted by molar-refractivity contribution is 7.80. The SMILES string of the molecule is Cc1[nH]nc(-c2ccc(F)cc2)c1C(=S)NCC(=O)ON(C)C. The van der Waals surface area contributed by atoms with Gasteiger partial charge in [0, 0.05) is 25.4 Å². The molecule has 0 aliphatic rings. The van der Waals surface area contributed by atoms with Crippen molar-refractivity contribution in [3.8, 4) is 11.3 Å². The molecule has 0 unspecified atom stereocenters. The predicted octanol–water partition coefficient (Wildman–Crippen LogP) is 1.81. The van der Waals surface area contributed by atoms with E-state index in [1.54, 1.807) is 26.2 Å². The van der Waals surface area contributed by atoms with E-state index in [4.69, 9.17) is 17.1 Å². The number of thiocarbonyl (C=S) groups is 1. The van der Waals surface area contributed by atoms with Crippen molar-refractivity contribution in [3.05, 3.63) is 41.3 Å². The number of aromatic amines is 1. The summed E-state index contributed by atoms with van der Waals surface area (Å²) in [4.78, 5) is 16.8. The molecule has 8 heteroatoms. The van der Waals surface area contributed by atoms with Gasteiger partial charge in [-0.05, 0) is 31.2 Å². The molecule has 0 aliphatic heterocycles. The lowest BCUT2D eigenvalue weighted by atomic mass is 10.1. The van der Waals surface area contributed by atoms with Crippen molar-refractivity contribution in [2.45, 2.75) is 6.92 Å². The fourth-order valence-electron chi connectivity index (χ4n) is 2.00. The van der Waals surface area contributed by atoms with Crippen LogP contribution in [0.2, 0.25) is 0 Å². The van der Waals surface area contributed by atoms with Crippen LogP contribution in [-0.4, -0.2) is 46.9 Å². The maximum atomic E-state index is 13.1. The van der Waals surface area contributed by atoms with E-state index in [1.807, 2.05) is 6.92 Å². The largest absolute Gasteiger partial charge is 0.367 e. The van der Waals surface area contributed by atoms with Crippen molar-refractivity contribution in [1.82, 2.24) is 20.6 Å². The number of hydrogen-bond donors (Lipinski definition) is 2. The molecule has 6 nitrogen and oxygen atoms in total. The number of aryl methyl sites for hydroxylation is 1. The number of nitrogens with zero attached hydrogens (tertiary/aromatic N) is 2. The Hall–Kier alpha value is -2.32. The van der Waals surface area contributed by atoms with Crippen LogP contribution >= 0.6 is 12.2 Å². The average molecular weight is 336 g/mol. The van der Waals surface area contributed by atoms with Crippen molar-refractivity contribution in [1.29, 1.82) is 0 Å². The number of carbonyl (C=O) groups excluding carboxylic acids is 1. The smallest absolute Gasteiger partial charge is 0.344 e. The fourth-order valence-corrected chi connectivity index (χ4v) is 2.32. The summed E-state index contributed by atoms with van der Waals surface area (Å²) < 4.78 is 13.1. The third-order valence-corrected chi connectivity index (χ3v) is 3.32. The summed E-state index contributed by atoms with van der Waals surface area (Å²) in [5, 5.41) is 11.2. The minimum absolute atomic E-state index is 0.0650. The van der Waals surface area contributed by atoms with Crippen LogP contribution in [0.15, 0.2) is 24.3 Å². The Kier molecular flexibility index (Phi) is 5.41. The van der Waals surface area contributed by atoms with Crippen LogP contribution in [0, 0.1) is 12.7 Å². The zero-order valence-corrected chi connectivity index (χ0v) is 13.8. The molecular weight excluding hydrogens is 319 g/mol. The summed E-state index contributed by atoms with van der Waals surface area (Å²) >= 11 is 5.34. The fraction of sp³-hybridized carbons (Fsp3) is 0.267. The molecule has 2 N–H and O–H groups in total. The summed E-state index contributed by atoms with van der Waals surface area (Å²) in [5.74, 6) is -0.781. The maximum Gasteiger partial charge on any atom is 0.344 e. The van der Waals surface area contributed by atoms with E-state index in [1.165, 1.54) is 17.2 Å². The molecule has 0 spiro atoms. The molecule has 2 aromatic rings. The number of hydrogen-bond acceptors (Lipinski definition) is 5. The van der Waals surface area contributed by atoms with Crippen LogP contribution in [0.3, 0.4) is 0 Å². The average Bonchev–Trinajstić information content (AvgIpc) is 2.87. The Bertz CT molecular complexity index is 713. The normalized spacial score (nSPS) is 10.7. The molecule has 0 fully saturated rings. The zero-order valence-electron chi connectivity index (χ0n) is 13.0. The number of aromatic nitrogens is 2. The van der Waals surface area contributed by atoms with Crippen molar-refractivity contribution >= 4 is 23.2 Å². The third-order valence-electron chi connectivity index (χ3n) is 2.97. The minimum Gasteiger partial charge on any atom is -0.367 e. The lowest BCUT2D eigenvalue weighted by molar-refractivity contribution is -0.176. The van der Waals surface area contributed by atoms with Gasteiger partial charge in [0.1, 0.15) is 23.0 Å². The Balaban J connectivity index is 2.16. The lowest BCUT2D eigenvalue weighted by Crippen LogP contribution is -2.32. The molecule has 1 aromatic heterocycles. The van der Waals surface area contributed by atoms with Gasteiger partial charge in [0.15, 0.2) is 0 Å². The van der Waals surface area contributed by atoms with Gasteiger partial charge in [0.25, 0.3) is 0 Å². The molecule has 0 bridgehead atoms. The topological polar surface area (TPSA) is 70.2 Å². The van der Waals surface area contributed by atoms with Crippen LogP contribution in [0.4, 0.5) is 4.39 Å². The Morgan fingerprint density at radius 2 is 2.04 bits per heavy atom. The lowest BCUT2D eigenvalue weighted by Gasteiger charge is -2.12. The van der Waals surface area contributed by atoms with E-state index in [9.17, 15) is 9.18 Å². The Labute approximate surface area is 138 Å². The summed E-state index contributed by atoms with van der Waals surface area (Å²) in [6.07, 6.45) is 0. The first kappa shape index (κ1) is 17.0. The number of benzene rings is 1. The highest BCUT2D eigenvalue weighted by atomic mass is 32.1. The molecule has 0 atom stereocenters. The summed E-state index contributed by atoms with van der Waals surface area (Å²) in [6.45, 7) is 1.76. The molecule has 2 rings (SSSR count). The summed E-state index contributed by atoms with van der Waals surface area (Å²) in [6, 6.07) is 5.96. The second kappa shape index (κ2) is 7.30. The van der Waals surface area contributed by atoms with Gasteiger partial charge >= 0.3 is 5.97 Å². The van der Waals surface area contributed by atoms with Crippen LogP contribution in [-0.2, 0) is 9.63 Å². The molecule has 1 heterocycles. The number of rotatable bonds is 5. The van der Waals surface area contributed by atoms with E-state index >= 15 is 0 Å². The monoisotopic (exact) mass is 336 g/mol. The van der Waals surface area contributed by atoms with Gasteiger partial charge in [-0.1, -0.05) is 12.2 Å². The van der Waals surface area contributed by atoms with E-state index in [0.717, 1.165) is 11.3 Å². The quantitative estimate of drug-likeness (QED) is 0.641. The number of carbonyl (C=O) groups is 1. The molecule has 0 aliphatic carbocycles. The van der Waals surface area contributed by atoms with Crippen LogP contribution in [0.5, 0.6) is 0 Å². The van der Waals surface area contributed by atoms with Gasteiger partial charge in [0.2, 0.25) is 0 Å². The predicted molar refractivity (Wildman–Crippen MR) is 88.2 cm³/mol. The van der Waals surface area contributed by atoms with Gasteiger partial charge in [0.05, 0.1) is 5.56 Å². The molecule has 0 saturated heterocycles. The highest BCUT2D eigenvalue weighted by Gasteiger charge is 2.17. The number of H-pyrrole nitrogens is 1. The van der Waals surface area contributed by atoms with E-state index in [-0.39, 0.29) is 12.4 Å². The zero-order chi connectivity index (χ0) is 17.0. The van der Waals surface area contributed by atoms with Gasteiger partial charge in [-0.3, -0.25) is 5.10 Å². The van der Waals surface area contributed by atoms with Crippen LogP contribution in [0.25, 0.3) is 11.3 Å². The van der Waals surface area contributed by atoms with E-state index in [0.29, 0.717) is 16.2 Å². The van der Waals surface area contributed by atoms with E-state index < -0.39 is 5.97 Å². The molecule has 23 heavy (non-hydrogen) atoms. The highest BCUT2D eigenvalue weighted by Crippen LogP contribution is 2.24. The van der Waals surface area contributed by atoms with Crippen LogP contribution < -0.4 is 5.32 Å². The van der Waals surface area contributed by atoms with Crippen molar-refractivity contribution in [2.24, 2.45) is 0 Å². The van der Waals surface area contributed by atoms with Crippen molar-refractivity contribution < 1.29 is 14.0 Å². The van der Waals surface area contributed by atoms with Crippen molar-refractivity contribution in [2.75, 3.05) is 20.6 Å². The third kappa shape index (κ3) is 4.33.